The van der Waals surface area contributed by atoms with E-state index >= 15 is 0 Å². The maximum Gasteiger partial charge on any atom is 0.339 e. The molecule has 1 aliphatic carbocycles. The Bertz CT molecular complexity index is 852. The second kappa shape index (κ2) is 9.12. The summed E-state index contributed by atoms with van der Waals surface area (Å²) >= 11 is 1.65. The maximum absolute atomic E-state index is 12.5. The number of piperidine rings is 1. The molecular weight excluding hydrogens is 382 g/mol. The van der Waals surface area contributed by atoms with E-state index in [9.17, 15) is 9.59 Å². The molecule has 0 spiro atoms. The fourth-order valence-electron chi connectivity index (χ4n) is 4.48. The van der Waals surface area contributed by atoms with Crippen molar-refractivity contribution in [1.29, 1.82) is 0 Å². The minimum atomic E-state index is -0.343. The number of carbonyl (C=O) groups is 2. The maximum atomic E-state index is 12.5. The summed E-state index contributed by atoms with van der Waals surface area (Å²) in [5.74, 6) is 0.874. The Kier molecular flexibility index (Phi) is 6.34. The number of nitrogens with zero attached hydrogens (tertiary/aromatic N) is 1. The summed E-state index contributed by atoms with van der Waals surface area (Å²) in [6.07, 6.45) is 6.17. The van der Waals surface area contributed by atoms with Crippen LogP contribution < -0.4 is 0 Å². The van der Waals surface area contributed by atoms with Crippen LogP contribution in [0.25, 0.3) is 0 Å². The average molecular weight is 412 g/mol. The molecule has 2 aliphatic rings. The van der Waals surface area contributed by atoms with Crippen molar-refractivity contribution in [2.24, 2.45) is 11.8 Å². The molecule has 29 heavy (non-hydrogen) atoms. The molecule has 1 aliphatic heterocycles. The van der Waals surface area contributed by atoms with Gasteiger partial charge < -0.3 is 9.64 Å². The Hall–Kier alpha value is -2.14. The SMILES string of the molecule is C[C@H]1CCc2c(C(=O)OCC(=O)N3CCC(Cc4ccccc4)CC3)csc2C1. The summed E-state index contributed by atoms with van der Waals surface area (Å²) < 4.78 is 5.39. The zero-order valence-corrected chi connectivity index (χ0v) is 17.9. The van der Waals surface area contributed by atoms with Crippen LogP contribution in [-0.4, -0.2) is 36.5 Å². The van der Waals surface area contributed by atoms with Gasteiger partial charge in [0.05, 0.1) is 5.56 Å². The highest BCUT2D eigenvalue weighted by atomic mass is 32.1. The molecule has 154 valence electrons. The predicted molar refractivity (Wildman–Crippen MR) is 115 cm³/mol. The Morgan fingerprint density at radius 1 is 1.14 bits per heavy atom. The number of benzene rings is 1. The van der Waals surface area contributed by atoms with Gasteiger partial charge in [0, 0.05) is 23.3 Å². The van der Waals surface area contributed by atoms with Gasteiger partial charge in [0.2, 0.25) is 0 Å². The fourth-order valence-corrected chi connectivity index (χ4v) is 5.71. The van der Waals surface area contributed by atoms with E-state index in [2.05, 4.69) is 31.2 Å². The van der Waals surface area contributed by atoms with Gasteiger partial charge in [-0.2, -0.15) is 0 Å². The van der Waals surface area contributed by atoms with Crippen LogP contribution in [0.5, 0.6) is 0 Å². The van der Waals surface area contributed by atoms with E-state index in [4.69, 9.17) is 4.74 Å². The molecule has 1 saturated heterocycles. The number of thiophene rings is 1. The second-order valence-corrected chi connectivity index (χ2v) is 9.45. The number of fused-ring (bicyclic) bond motifs is 1. The van der Waals surface area contributed by atoms with Crippen LogP contribution in [0.2, 0.25) is 0 Å². The number of hydrogen-bond acceptors (Lipinski definition) is 4. The highest BCUT2D eigenvalue weighted by Crippen LogP contribution is 2.33. The number of ether oxygens (including phenoxy) is 1. The predicted octanol–water partition coefficient (Wildman–Crippen LogP) is 4.51. The van der Waals surface area contributed by atoms with Gasteiger partial charge >= 0.3 is 5.97 Å². The first kappa shape index (κ1) is 20.1. The smallest absolute Gasteiger partial charge is 0.339 e. The first-order valence-electron chi connectivity index (χ1n) is 10.7. The van der Waals surface area contributed by atoms with Crippen molar-refractivity contribution in [2.75, 3.05) is 19.7 Å². The quantitative estimate of drug-likeness (QED) is 0.680. The van der Waals surface area contributed by atoms with Gasteiger partial charge in [-0.25, -0.2) is 4.79 Å². The summed E-state index contributed by atoms with van der Waals surface area (Å²) in [5, 5.41) is 1.91. The lowest BCUT2D eigenvalue weighted by Crippen LogP contribution is -2.41. The van der Waals surface area contributed by atoms with E-state index in [1.54, 1.807) is 11.3 Å². The third-order valence-electron chi connectivity index (χ3n) is 6.28. The minimum absolute atomic E-state index is 0.0748. The van der Waals surface area contributed by atoms with E-state index in [0.29, 0.717) is 17.4 Å². The van der Waals surface area contributed by atoms with Gasteiger partial charge in [-0.15, -0.1) is 11.3 Å². The van der Waals surface area contributed by atoms with Gasteiger partial charge in [0.25, 0.3) is 5.91 Å². The molecule has 0 unspecified atom stereocenters. The van der Waals surface area contributed by atoms with E-state index in [-0.39, 0.29) is 18.5 Å². The van der Waals surface area contributed by atoms with E-state index < -0.39 is 0 Å². The normalized spacial score (nSPS) is 19.6. The summed E-state index contributed by atoms with van der Waals surface area (Å²) in [7, 11) is 0. The molecule has 5 heteroatoms. The molecule has 0 N–H and O–H groups in total. The lowest BCUT2D eigenvalue weighted by molar-refractivity contribution is -0.135. The number of carbonyl (C=O) groups excluding carboxylic acids is 2. The van der Waals surface area contributed by atoms with Crippen LogP contribution in [0.3, 0.4) is 0 Å². The standard InChI is InChI=1S/C24H29NO3S/c1-17-7-8-20-21(16-29-22(20)13-17)24(27)28-15-23(26)25-11-9-19(10-12-25)14-18-5-3-2-4-6-18/h2-6,16-17,19H,7-15H2,1H3/t17-/m0/s1. The van der Waals surface area contributed by atoms with Crippen LogP contribution >= 0.6 is 11.3 Å². The largest absolute Gasteiger partial charge is 0.452 e. The van der Waals surface area contributed by atoms with E-state index in [1.165, 1.54) is 10.4 Å². The van der Waals surface area contributed by atoms with Gasteiger partial charge in [-0.05, 0) is 61.5 Å². The molecule has 0 saturated carbocycles. The van der Waals surface area contributed by atoms with Crippen molar-refractivity contribution in [2.45, 2.75) is 45.4 Å². The van der Waals surface area contributed by atoms with Gasteiger partial charge in [-0.1, -0.05) is 37.3 Å². The fraction of sp³-hybridized carbons (Fsp3) is 0.500. The summed E-state index contributed by atoms with van der Waals surface area (Å²) in [4.78, 5) is 28.2. The summed E-state index contributed by atoms with van der Waals surface area (Å²) in [6.45, 7) is 3.60. The zero-order chi connectivity index (χ0) is 20.2. The monoisotopic (exact) mass is 411 g/mol. The van der Waals surface area contributed by atoms with Crippen LogP contribution in [0.15, 0.2) is 35.7 Å². The Morgan fingerprint density at radius 3 is 2.66 bits per heavy atom. The lowest BCUT2D eigenvalue weighted by Gasteiger charge is -2.32. The summed E-state index contributed by atoms with van der Waals surface area (Å²) in [5.41, 5.74) is 3.18. The highest BCUT2D eigenvalue weighted by Gasteiger charge is 2.26. The van der Waals surface area contributed by atoms with Crippen molar-refractivity contribution in [3.8, 4) is 0 Å². The van der Waals surface area contributed by atoms with Crippen LogP contribution in [-0.2, 0) is 28.8 Å². The molecule has 4 rings (SSSR count). The lowest BCUT2D eigenvalue weighted by atomic mass is 9.88. The number of hydrogen-bond donors (Lipinski definition) is 0. The molecule has 1 amide bonds. The molecule has 4 nitrogen and oxygen atoms in total. The van der Waals surface area contributed by atoms with Crippen LogP contribution in [0.4, 0.5) is 0 Å². The molecule has 0 radical (unpaired) electrons. The molecule has 2 heterocycles. The first-order chi connectivity index (χ1) is 14.1. The molecule has 1 atom stereocenters. The van der Waals surface area contributed by atoms with Gasteiger partial charge in [0.1, 0.15) is 0 Å². The molecule has 0 bridgehead atoms. The number of likely N-dealkylation sites (tertiary alicyclic amines) is 1. The molecular formula is C24H29NO3S. The molecule has 1 aromatic heterocycles. The Balaban J connectivity index is 1.24. The van der Waals surface area contributed by atoms with Gasteiger partial charge in [-0.3, -0.25) is 4.79 Å². The van der Waals surface area contributed by atoms with Gasteiger partial charge in [0.15, 0.2) is 6.61 Å². The Labute approximate surface area is 176 Å². The van der Waals surface area contributed by atoms with Crippen molar-refractivity contribution in [1.82, 2.24) is 4.90 Å². The van der Waals surface area contributed by atoms with Crippen LogP contribution in [0.1, 0.15) is 52.5 Å². The number of rotatable bonds is 5. The number of amides is 1. The third kappa shape index (κ3) is 4.89. The Morgan fingerprint density at radius 2 is 1.90 bits per heavy atom. The van der Waals surface area contributed by atoms with Crippen molar-refractivity contribution >= 4 is 23.2 Å². The second-order valence-electron chi connectivity index (χ2n) is 8.49. The van der Waals surface area contributed by atoms with E-state index in [0.717, 1.165) is 57.2 Å². The average Bonchev–Trinajstić information content (AvgIpc) is 3.16. The van der Waals surface area contributed by atoms with Crippen LogP contribution in [0, 0.1) is 11.8 Å². The van der Waals surface area contributed by atoms with Crippen molar-refractivity contribution in [3.63, 3.8) is 0 Å². The summed E-state index contributed by atoms with van der Waals surface area (Å²) in [6, 6.07) is 10.5. The number of esters is 1. The topological polar surface area (TPSA) is 46.6 Å². The molecule has 2 aromatic rings. The van der Waals surface area contributed by atoms with Crippen molar-refractivity contribution in [3.05, 3.63) is 57.3 Å². The minimum Gasteiger partial charge on any atom is -0.452 e. The molecule has 1 fully saturated rings. The van der Waals surface area contributed by atoms with E-state index in [1.807, 2.05) is 16.3 Å². The third-order valence-corrected chi connectivity index (χ3v) is 7.33. The zero-order valence-electron chi connectivity index (χ0n) is 17.1. The van der Waals surface area contributed by atoms with Crippen molar-refractivity contribution < 1.29 is 14.3 Å². The molecule has 1 aromatic carbocycles. The first-order valence-corrected chi connectivity index (χ1v) is 11.6. The highest BCUT2D eigenvalue weighted by molar-refractivity contribution is 7.10.